The number of hydrogen-bond donors (Lipinski definition) is 2. The first-order valence-electron chi connectivity index (χ1n) is 13.6. The highest BCUT2D eigenvalue weighted by atomic mass is 16.5. The second kappa shape index (κ2) is 14.8. The molecule has 0 spiro atoms. The van der Waals surface area contributed by atoms with E-state index in [0.717, 1.165) is 41.2 Å². The molecule has 7 heteroatoms. The number of nitrogens with one attached hydrogen (secondary N) is 2. The zero-order valence-electron chi connectivity index (χ0n) is 23.3. The van der Waals surface area contributed by atoms with Gasteiger partial charge in [0.15, 0.2) is 0 Å². The van der Waals surface area contributed by atoms with E-state index in [2.05, 4.69) is 34.6 Å². The van der Waals surface area contributed by atoms with Crippen LogP contribution in [0.25, 0.3) is 6.08 Å². The number of benzene rings is 4. The van der Waals surface area contributed by atoms with Gasteiger partial charge in [0.05, 0.1) is 6.21 Å². The predicted molar refractivity (Wildman–Crippen MR) is 165 cm³/mol. The third-order valence-corrected chi connectivity index (χ3v) is 6.37. The highest BCUT2D eigenvalue weighted by molar-refractivity contribution is 6.05. The van der Waals surface area contributed by atoms with Crippen LogP contribution in [0.1, 0.15) is 40.9 Å². The molecule has 0 heterocycles. The van der Waals surface area contributed by atoms with Crippen LogP contribution in [0.15, 0.2) is 120 Å². The van der Waals surface area contributed by atoms with Crippen LogP contribution < -0.4 is 20.4 Å². The van der Waals surface area contributed by atoms with Crippen molar-refractivity contribution < 1.29 is 14.3 Å². The van der Waals surface area contributed by atoms with E-state index in [1.807, 2.05) is 84.9 Å². The van der Waals surface area contributed by atoms with Crippen molar-refractivity contribution in [3.8, 4) is 5.75 Å². The van der Waals surface area contributed by atoms with Crippen LogP contribution in [0, 0.1) is 0 Å². The van der Waals surface area contributed by atoms with Crippen LogP contribution in [-0.4, -0.2) is 31.1 Å². The fourth-order valence-corrected chi connectivity index (χ4v) is 4.10. The molecule has 4 aromatic rings. The molecular formula is C34H34N4O3. The van der Waals surface area contributed by atoms with Crippen molar-refractivity contribution in [2.24, 2.45) is 5.10 Å². The fourth-order valence-electron chi connectivity index (χ4n) is 4.10. The maximum absolute atomic E-state index is 13.1. The quantitative estimate of drug-likeness (QED) is 0.129. The van der Waals surface area contributed by atoms with Gasteiger partial charge >= 0.3 is 0 Å². The summed E-state index contributed by atoms with van der Waals surface area (Å²) in [5.74, 6) is -0.195. The largest absolute Gasteiger partial charge is 0.489 e. The third kappa shape index (κ3) is 8.66. The summed E-state index contributed by atoms with van der Waals surface area (Å²) in [6.45, 7) is 6.48. The molecule has 2 N–H and O–H groups in total. The van der Waals surface area contributed by atoms with Gasteiger partial charge in [-0.25, -0.2) is 5.43 Å². The number of carbonyl (C=O) groups is 2. The second-order valence-electron chi connectivity index (χ2n) is 9.18. The summed E-state index contributed by atoms with van der Waals surface area (Å²) in [7, 11) is 0. The Morgan fingerprint density at radius 2 is 1.39 bits per heavy atom. The van der Waals surface area contributed by atoms with Crippen LogP contribution in [0.2, 0.25) is 0 Å². The van der Waals surface area contributed by atoms with Crippen molar-refractivity contribution in [1.29, 1.82) is 0 Å². The molecule has 0 bridgehead atoms. The van der Waals surface area contributed by atoms with Gasteiger partial charge in [-0.3, -0.25) is 9.59 Å². The number of ether oxygens (including phenoxy) is 1. The summed E-state index contributed by atoms with van der Waals surface area (Å²) in [6, 6.07) is 33.9. The van der Waals surface area contributed by atoms with Gasteiger partial charge in [0, 0.05) is 24.3 Å². The lowest BCUT2D eigenvalue weighted by molar-refractivity contribution is -0.117. The van der Waals surface area contributed by atoms with Crippen LogP contribution in [0.3, 0.4) is 0 Å². The molecule has 7 nitrogen and oxygen atoms in total. The Balaban J connectivity index is 1.43. The first-order valence-corrected chi connectivity index (χ1v) is 13.6. The van der Waals surface area contributed by atoms with Crippen LogP contribution in [0.5, 0.6) is 5.75 Å². The van der Waals surface area contributed by atoms with E-state index in [-0.39, 0.29) is 11.6 Å². The van der Waals surface area contributed by atoms with E-state index in [4.69, 9.17) is 4.74 Å². The molecule has 0 unspecified atom stereocenters. The van der Waals surface area contributed by atoms with E-state index in [9.17, 15) is 9.59 Å². The summed E-state index contributed by atoms with van der Waals surface area (Å²) in [6.07, 6.45) is 3.17. The Hall–Kier alpha value is -5.17. The maximum atomic E-state index is 13.1. The minimum absolute atomic E-state index is 0.0799. The molecule has 4 aromatic carbocycles. The summed E-state index contributed by atoms with van der Waals surface area (Å²) in [4.78, 5) is 28.2. The van der Waals surface area contributed by atoms with Crippen LogP contribution in [0.4, 0.5) is 5.69 Å². The van der Waals surface area contributed by atoms with Crippen molar-refractivity contribution in [2.75, 3.05) is 18.0 Å². The maximum Gasteiger partial charge on any atom is 0.287 e. The van der Waals surface area contributed by atoms with Crippen molar-refractivity contribution in [3.05, 3.63) is 137 Å². The smallest absolute Gasteiger partial charge is 0.287 e. The number of amides is 2. The molecule has 0 saturated heterocycles. The first kappa shape index (κ1) is 28.8. The zero-order chi connectivity index (χ0) is 28.9. The highest BCUT2D eigenvalue weighted by Gasteiger charge is 2.14. The Labute approximate surface area is 241 Å². The monoisotopic (exact) mass is 546 g/mol. The molecule has 41 heavy (non-hydrogen) atoms. The van der Waals surface area contributed by atoms with E-state index >= 15 is 0 Å². The summed E-state index contributed by atoms with van der Waals surface area (Å²) >= 11 is 0. The molecule has 0 atom stereocenters. The average molecular weight is 547 g/mol. The minimum atomic E-state index is -0.541. The molecule has 0 aliphatic rings. The van der Waals surface area contributed by atoms with Crippen LogP contribution in [-0.2, 0) is 11.4 Å². The summed E-state index contributed by atoms with van der Waals surface area (Å²) < 4.78 is 5.82. The van der Waals surface area contributed by atoms with Gasteiger partial charge in [-0.1, -0.05) is 60.7 Å². The normalized spacial score (nSPS) is 11.2. The lowest BCUT2D eigenvalue weighted by Crippen LogP contribution is -2.32. The van der Waals surface area contributed by atoms with Crippen molar-refractivity contribution in [1.82, 2.24) is 10.7 Å². The van der Waals surface area contributed by atoms with Gasteiger partial charge in [-0.05, 0) is 85.1 Å². The van der Waals surface area contributed by atoms with Gasteiger partial charge in [-0.2, -0.15) is 5.10 Å². The predicted octanol–water partition coefficient (Wildman–Crippen LogP) is 6.03. The lowest BCUT2D eigenvalue weighted by atomic mass is 10.1. The van der Waals surface area contributed by atoms with Crippen LogP contribution >= 0.6 is 0 Å². The van der Waals surface area contributed by atoms with E-state index in [1.54, 1.807) is 30.3 Å². The number of hydrazone groups is 1. The standard InChI is InChI=1S/C34H34N4O3/c1-3-38(4-2)30-19-15-26(16-20-30)23-32(36-33(39)29-13-9-6-10-14-29)34(40)37-35-24-27-17-21-31(22-18-27)41-25-28-11-7-5-8-12-28/h5-24H,3-4,25H2,1-2H3,(H,36,39)(H,37,40)/b32-23+,35-24+. The molecular weight excluding hydrogens is 512 g/mol. The SMILES string of the molecule is CCN(CC)c1ccc(/C=C(/NC(=O)c2ccccc2)C(=O)N/N=C/c2ccc(OCc3ccccc3)cc2)cc1. The summed E-state index contributed by atoms with van der Waals surface area (Å²) in [5, 5.41) is 6.84. The van der Waals surface area contributed by atoms with Gasteiger partial charge < -0.3 is 15.0 Å². The molecule has 0 aliphatic heterocycles. The fraction of sp³-hybridized carbons (Fsp3) is 0.147. The van der Waals surface area contributed by atoms with E-state index < -0.39 is 5.91 Å². The topological polar surface area (TPSA) is 83.0 Å². The van der Waals surface area contributed by atoms with Gasteiger partial charge in [-0.15, -0.1) is 0 Å². The van der Waals surface area contributed by atoms with Crippen molar-refractivity contribution in [3.63, 3.8) is 0 Å². The molecule has 4 rings (SSSR count). The third-order valence-electron chi connectivity index (χ3n) is 6.37. The number of carbonyl (C=O) groups excluding carboxylic acids is 2. The Bertz CT molecular complexity index is 1460. The average Bonchev–Trinajstić information content (AvgIpc) is 3.02. The summed E-state index contributed by atoms with van der Waals surface area (Å²) in [5.41, 5.74) is 6.78. The number of rotatable bonds is 12. The Morgan fingerprint density at radius 1 is 0.780 bits per heavy atom. The number of anilines is 1. The molecule has 0 fully saturated rings. The first-order chi connectivity index (χ1) is 20.1. The molecule has 2 amide bonds. The number of hydrogen-bond acceptors (Lipinski definition) is 5. The molecule has 0 saturated carbocycles. The van der Waals surface area contributed by atoms with E-state index in [1.165, 1.54) is 6.21 Å². The second-order valence-corrected chi connectivity index (χ2v) is 9.18. The molecule has 0 radical (unpaired) electrons. The zero-order valence-corrected chi connectivity index (χ0v) is 23.3. The Morgan fingerprint density at radius 3 is 2.02 bits per heavy atom. The van der Waals surface area contributed by atoms with Crippen molar-refractivity contribution >= 4 is 29.8 Å². The molecule has 0 aliphatic carbocycles. The number of nitrogens with zero attached hydrogens (tertiary/aromatic N) is 2. The molecule has 0 aromatic heterocycles. The van der Waals surface area contributed by atoms with Gasteiger partial charge in [0.25, 0.3) is 11.8 Å². The lowest BCUT2D eigenvalue weighted by Gasteiger charge is -2.20. The Kier molecular flexibility index (Phi) is 10.4. The minimum Gasteiger partial charge on any atom is -0.489 e. The molecule has 208 valence electrons. The highest BCUT2D eigenvalue weighted by Crippen LogP contribution is 2.17. The van der Waals surface area contributed by atoms with Gasteiger partial charge in [0.2, 0.25) is 0 Å². The van der Waals surface area contributed by atoms with Gasteiger partial charge in [0.1, 0.15) is 18.1 Å². The van der Waals surface area contributed by atoms with E-state index in [0.29, 0.717) is 12.2 Å². The van der Waals surface area contributed by atoms with Crippen molar-refractivity contribution in [2.45, 2.75) is 20.5 Å².